The van der Waals surface area contributed by atoms with Gasteiger partial charge in [-0.05, 0) is 24.3 Å². The predicted octanol–water partition coefficient (Wildman–Crippen LogP) is 4.18. The van der Waals surface area contributed by atoms with Crippen molar-refractivity contribution in [2.24, 2.45) is 0 Å². The van der Waals surface area contributed by atoms with E-state index in [1.165, 1.54) is 12.1 Å². The van der Waals surface area contributed by atoms with Crippen molar-refractivity contribution in [1.29, 1.82) is 0 Å². The molecule has 0 saturated carbocycles. The van der Waals surface area contributed by atoms with E-state index < -0.39 is 23.2 Å². The molecule has 0 fully saturated rings. The first-order valence-electron chi connectivity index (χ1n) is 5.40. The number of ketones is 1. The Bertz CT molecular complexity index is 620. The van der Waals surface area contributed by atoms with Gasteiger partial charge in [-0.1, -0.05) is 17.7 Å². The SMILES string of the molecule is O=C(Cc1c(F)cccc1Cl)c1ccc(F)cc1F. The predicted molar refractivity (Wildman–Crippen MR) is 65.8 cm³/mol. The van der Waals surface area contributed by atoms with E-state index in [9.17, 15) is 18.0 Å². The van der Waals surface area contributed by atoms with Gasteiger partial charge in [0.15, 0.2) is 5.78 Å². The summed E-state index contributed by atoms with van der Waals surface area (Å²) in [7, 11) is 0. The quantitative estimate of drug-likeness (QED) is 0.773. The van der Waals surface area contributed by atoms with Crippen LogP contribution in [0.5, 0.6) is 0 Å². The number of Topliss-reactive ketones (excluding diaryl/α,β-unsaturated/α-hetero) is 1. The van der Waals surface area contributed by atoms with Gasteiger partial charge in [0.2, 0.25) is 0 Å². The molecule has 0 N–H and O–H groups in total. The molecule has 0 spiro atoms. The van der Waals surface area contributed by atoms with Crippen LogP contribution >= 0.6 is 11.6 Å². The van der Waals surface area contributed by atoms with E-state index in [2.05, 4.69) is 0 Å². The molecule has 0 saturated heterocycles. The molecular weight excluding hydrogens is 277 g/mol. The molecule has 5 heteroatoms. The Morgan fingerprint density at radius 2 is 1.79 bits per heavy atom. The van der Waals surface area contributed by atoms with Crippen LogP contribution in [0.3, 0.4) is 0 Å². The van der Waals surface area contributed by atoms with Crippen LogP contribution in [0, 0.1) is 17.5 Å². The lowest BCUT2D eigenvalue weighted by atomic mass is 10.0. The van der Waals surface area contributed by atoms with Gasteiger partial charge in [0.1, 0.15) is 17.5 Å². The van der Waals surface area contributed by atoms with Gasteiger partial charge in [-0.2, -0.15) is 0 Å². The van der Waals surface area contributed by atoms with E-state index in [-0.39, 0.29) is 22.6 Å². The van der Waals surface area contributed by atoms with Crippen molar-refractivity contribution in [2.45, 2.75) is 6.42 Å². The maximum atomic E-state index is 13.5. The van der Waals surface area contributed by atoms with Crippen LogP contribution in [0.2, 0.25) is 5.02 Å². The molecule has 19 heavy (non-hydrogen) atoms. The molecular formula is C14H8ClF3O. The molecule has 0 unspecified atom stereocenters. The number of halogens is 4. The summed E-state index contributed by atoms with van der Waals surface area (Å²) >= 11 is 5.78. The van der Waals surface area contributed by atoms with Crippen LogP contribution in [-0.2, 0) is 6.42 Å². The second-order valence-electron chi connectivity index (χ2n) is 3.92. The minimum absolute atomic E-state index is 0.00195. The Kier molecular flexibility index (Phi) is 3.90. The molecule has 98 valence electrons. The van der Waals surface area contributed by atoms with Crippen LogP contribution in [0.4, 0.5) is 13.2 Å². The average molecular weight is 285 g/mol. The van der Waals surface area contributed by atoms with Crippen molar-refractivity contribution in [2.75, 3.05) is 0 Å². The van der Waals surface area contributed by atoms with Crippen LogP contribution in [0.15, 0.2) is 36.4 Å². The molecule has 0 aromatic heterocycles. The molecule has 2 rings (SSSR count). The van der Waals surface area contributed by atoms with E-state index in [1.54, 1.807) is 0 Å². The lowest BCUT2D eigenvalue weighted by Crippen LogP contribution is -2.08. The standard InChI is InChI=1S/C14H8ClF3O/c15-11-2-1-3-12(17)10(11)7-14(19)9-5-4-8(16)6-13(9)18/h1-6H,7H2. The first kappa shape index (κ1) is 13.6. The summed E-state index contributed by atoms with van der Waals surface area (Å²) in [5.74, 6) is -3.05. The molecule has 0 amide bonds. The molecule has 1 nitrogen and oxygen atoms in total. The highest BCUT2D eigenvalue weighted by Crippen LogP contribution is 2.21. The van der Waals surface area contributed by atoms with Crippen LogP contribution in [0.1, 0.15) is 15.9 Å². The van der Waals surface area contributed by atoms with Gasteiger partial charge in [-0.15, -0.1) is 0 Å². The summed E-state index contributed by atoms with van der Waals surface area (Å²) in [5, 5.41) is 0.0934. The smallest absolute Gasteiger partial charge is 0.170 e. The Hall–Kier alpha value is -1.81. The van der Waals surface area contributed by atoms with Crippen LogP contribution in [-0.4, -0.2) is 5.78 Å². The first-order valence-corrected chi connectivity index (χ1v) is 5.78. The fraction of sp³-hybridized carbons (Fsp3) is 0.0714. The van der Waals surface area contributed by atoms with Crippen molar-refractivity contribution in [3.8, 4) is 0 Å². The molecule has 0 aliphatic heterocycles. The van der Waals surface area contributed by atoms with E-state index in [4.69, 9.17) is 11.6 Å². The zero-order valence-electron chi connectivity index (χ0n) is 9.59. The number of carbonyl (C=O) groups excluding carboxylic acids is 1. The molecule has 0 heterocycles. The Morgan fingerprint density at radius 3 is 2.42 bits per heavy atom. The number of rotatable bonds is 3. The Labute approximate surface area is 112 Å². The summed E-state index contributed by atoms with van der Waals surface area (Å²) in [6.07, 6.45) is -0.381. The molecule has 0 aliphatic rings. The third-order valence-corrected chi connectivity index (χ3v) is 2.98. The number of benzene rings is 2. The Balaban J connectivity index is 2.31. The zero-order chi connectivity index (χ0) is 14.0. The number of hydrogen-bond acceptors (Lipinski definition) is 1. The van der Waals surface area contributed by atoms with Crippen molar-refractivity contribution in [3.05, 3.63) is 70.0 Å². The van der Waals surface area contributed by atoms with Crippen molar-refractivity contribution >= 4 is 17.4 Å². The van der Waals surface area contributed by atoms with Crippen molar-refractivity contribution in [3.63, 3.8) is 0 Å². The minimum atomic E-state index is -0.975. The first-order chi connectivity index (χ1) is 8.99. The van der Waals surface area contributed by atoms with Crippen LogP contribution < -0.4 is 0 Å². The Morgan fingerprint density at radius 1 is 1.05 bits per heavy atom. The van der Waals surface area contributed by atoms with E-state index >= 15 is 0 Å². The van der Waals surface area contributed by atoms with E-state index in [0.717, 1.165) is 18.2 Å². The van der Waals surface area contributed by atoms with Gasteiger partial charge in [0, 0.05) is 23.1 Å². The highest BCUT2D eigenvalue weighted by atomic mass is 35.5. The molecule has 0 radical (unpaired) electrons. The lowest BCUT2D eigenvalue weighted by molar-refractivity contribution is 0.0988. The van der Waals surface area contributed by atoms with E-state index in [1.807, 2.05) is 0 Å². The maximum Gasteiger partial charge on any atom is 0.170 e. The topological polar surface area (TPSA) is 17.1 Å². The normalized spacial score (nSPS) is 10.5. The third-order valence-electron chi connectivity index (χ3n) is 2.63. The second kappa shape index (κ2) is 5.45. The molecule has 2 aromatic carbocycles. The van der Waals surface area contributed by atoms with Gasteiger partial charge in [0.25, 0.3) is 0 Å². The molecule has 0 atom stereocenters. The lowest BCUT2D eigenvalue weighted by Gasteiger charge is -2.06. The van der Waals surface area contributed by atoms with Crippen molar-refractivity contribution < 1.29 is 18.0 Å². The van der Waals surface area contributed by atoms with E-state index in [0.29, 0.717) is 6.07 Å². The van der Waals surface area contributed by atoms with Gasteiger partial charge < -0.3 is 0 Å². The fourth-order valence-corrected chi connectivity index (χ4v) is 1.90. The third kappa shape index (κ3) is 2.96. The summed E-state index contributed by atoms with van der Waals surface area (Å²) in [6, 6.07) is 6.62. The summed E-state index contributed by atoms with van der Waals surface area (Å²) in [5.41, 5.74) is -0.293. The van der Waals surface area contributed by atoms with Gasteiger partial charge in [-0.25, -0.2) is 13.2 Å². The van der Waals surface area contributed by atoms with Gasteiger partial charge in [-0.3, -0.25) is 4.79 Å². The molecule has 0 bridgehead atoms. The monoisotopic (exact) mass is 284 g/mol. The highest BCUT2D eigenvalue weighted by Gasteiger charge is 2.16. The number of carbonyl (C=O) groups is 1. The van der Waals surface area contributed by atoms with Gasteiger partial charge >= 0.3 is 0 Å². The highest BCUT2D eigenvalue weighted by molar-refractivity contribution is 6.31. The minimum Gasteiger partial charge on any atom is -0.294 e. The average Bonchev–Trinajstić information content (AvgIpc) is 2.33. The van der Waals surface area contributed by atoms with Crippen molar-refractivity contribution in [1.82, 2.24) is 0 Å². The summed E-state index contributed by atoms with van der Waals surface area (Å²) in [6.45, 7) is 0. The number of hydrogen-bond donors (Lipinski definition) is 0. The van der Waals surface area contributed by atoms with Gasteiger partial charge in [0.05, 0.1) is 5.56 Å². The molecule has 2 aromatic rings. The zero-order valence-corrected chi connectivity index (χ0v) is 10.3. The maximum absolute atomic E-state index is 13.5. The largest absolute Gasteiger partial charge is 0.294 e. The fourth-order valence-electron chi connectivity index (χ4n) is 1.67. The summed E-state index contributed by atoms with van der Waals surface area (Å²) in [4.78, 5) is 11.9. The summed E-state index contributed by atoms with van der Waals surface area (Å²) < 4.78 is 39.7. The second-order valence-corrected chi connectivity index (χ2v) is 4.33. The van der Waals surface area contributed by atoms with Crippen LogP contribution in [0.25, 0.3) is 0 Å². The molecule has 0 aliphatic carbocycles.